The number of nitrogens with zero attached hydrogens (tertiary/aromatic N) is 6. The lowest BCUT2D eigenvalue weighted by atomic mass is 9.98. The summed E-state index contributed by atoms with van der Waals surface area (Å²) >= 11 is 13.6. The number of carbonyl (C=O) groups is 2. The average molecular weight is 864 g/mol. The molecular weight excluding hydrogens is 815 g/mol. The lowest BCUT2D eigenvalue weighted by Gasteiger charge is -2.34. The zero-order chi connectivity index (χ0) is 43.3. The minimum Gasteiger partial charge on any atom is -0.494 e. The van der Waals surface area contributed by atoms with Crippen molar-refractivity contribution in [3.8, 4) is 22.6 Å². The molecule has 0 bridgehead atoms. The molecule has 1 aliphatic heterocycles. The number of halogens is 2. The molecule has 1 amide bonds. The Morgan fingerprint density at radius 1 is 0.918 bits per heavy atom. The molecule has 3 aromatic carbocycles. The Balaban J connectivity index is 1.31. The van der Waals surface area contributed by atoms with Crippen LogP contribution in [0.25, 0.3) is 32.9 Å². The van der Waals surface area contributed by atoms with Crippen LogP contribution in [0.3, 0.4) is 0 Å². The third-order valence-corrected chi connectivity index (χ3v) is 12.6. The number of carbonyl (C=O) groups excluding carboxylic acids is 1. The molecule has 0 saturated carbocycles. The quantitative estimate of drug-likeness (QED) is 0.107. The molecule has 61 heavy (non-hydrogen) atoms. The standard InChI is InChI=1S/C47H48Cl2N6O6/c1-26-21-33(22-27(2)41(26)49)60-18-10-12-34-35-14-15-37(48)40(39-29(4)51-52(6)30(39)5)42(35)55-28(3)24-54(46(56)44(34)55)43-36-23-32(61-20-19-59-7)13-16-38(36)53(45(43)47(57)58)25-31-11-8-9-17-50-31/h8-9,11,13-17,21-23,28H,10,12,18-20,24-25H2,1-7H3,(H,57,58)/t28-/m1/s1. The Morgan fingerprint density at radius 2 is 1.67 bits per heavy atom. The summed E-state index contributed by atoms with van der Waals surface area (Å²) < 4.78 is 23.2. The molecule has 5 heterocycles. The number of benzene rings is 3. The van der Waals surface area contributed by atoms with E-state index in [0.29, 0.717) is 76.4 Å². The van der Waals surface area contributed by atoms with Gasteiger partial charge in [-0.2, -0.15) is 5.10 Å². The van der Waals surface area contributed by atoms with Crippen LogP contribution in [0.2, 0.25) is 10.0 Å². The fourth-order valence-corrected chi connectivity index (χ4v) is 9.23. The molecule has 8 rings (SSSR count). The van der Waals surface area contributed by atoms with Crippen molar-refractivity contribution in [1.29, 1.82) is 0 Å². The summed E-state index contributed by atoms with van der Waals surface area (Å²) in [6.45, 7) is 11.3. The maximum absolute atomic E-state index is 15.6. The minimum atomic E-state index is -1.17. The normalized spacial score (nSPS) is 14.0. The largest absolute Gasteiger partial charge is 0.494 e. The highest BCUT2D eigenvalue weighted by Gasteiger charge is 2.40. The van der Waals surface area contributed by atoms with E-state index >= 15 is 4.79 Å². The second-order valence-corrected chi connectivity index (χ2v) is 16.5. The zero-order valence-corrected chi connectivity index (χ0v) is 36.8. The van der Waals surface area contributed by atoms with Crippen LogP contribution in [-0.2, 0) is 24.8 Å². The topological polar surface area (TPSA) is 126 Å². The fourth-order valence-electron chi connectivity index (χ4n) is 8.88. The third-order valence-electron chi connectivity index (χ3n) is 11.6. The number of aromatic carboxylic acids is 1. The van der Waals surface area contributed by atoms with Gasteiger partial charge in [0.15, 0.2) is 5.69 Å². The first kappa shape index (κ1) is 41.9. The van der Waals surface area contributed by atoms with Crippen LogP contribution in [0.5, 0.6) is 11.5 Å². The van der Waals surface area contributed by atoms with Gasteiger partial charge in [-0.1, -0.05) is 35.3 Å². The highest BCUT2D eigenvalue weighted by molar-refractivity contribution is 6.35. The van der Waals surface area contributed by atoms with Crippen molar-refractivity contribution >= 4 is 62.6 Å². The first-order valence-corrected chi connectivity index (χ1v) is 21.0. The first-order chi connectivity index (χ1) is 29.3. The van der Waals surface area contributed by atoms with Crippen molar-refractivity contribution in [3.05, 3.63) is 122 Å². The monoisotopic (exact) mass is 862 g/mol. The molecule has 0 radical (unpaired) electrons. The van der Waals surface area contributed by atoms with Crippen molar-refractivity contribution < 1.29 is 28.9 Å². The molecule has 0 unspecified atom stereocenters. The number of methoxy groups -OCH3 is 1. The molecule has 7 aromatic rings. The van der Waals surface area contributed by atoms with Gasteiger partial charge in [-0.25, -0.2) is 4.79 Å². The molecule has 12 nitrogen and oxygen atoms in total. The molecular formula is C47H48Cl2N6O6. The molecule has 1 aliphatic rings. The Labute approximate surface area is 364 Å². The van der Waals surface area contributed by atoms with E-state index in [-0.39, 0.29) is 30.7 Å². The van der Waals surface area contributed by atoms with Gasteiger partial charge in [0.1, 0.15) is 23.8 Å². The number of aryl methyl sites for hydroxylation is 5. The second-order valence-electron chi connectivity index (χ2n) is 15.7. The number of hydrogen-bond acceptors (Lipinski definition) is 7. The van der Waals surface area contributed by atoms with Gasteiger partial charge < -0.3 is 33.4 Å². The maximum atomic E-state index is 15.6. The van der Waals surface area contributed by atoms with E-state index in [2.05, 4.69) is 16.5 Å². The number of ether oxygens (including phenoxy) is 3. The van der Waals surface area contributed by atoms with Crippen LogP contribution in [0.15, 0.2) is 66.9 Å². The number of hydrogen-bond donors (Lipinski definition) is 1. The van der Waals surface area contributed by atoms with Crippen molar-refractivity contribution in [3.63, 3.8) is 0 Å². The number of aromatic nitrogens is 5. The van der Waals surface area contributed by atoms with E-state index in [4.69, 9.17) is 42.5 Å². The summed E-state index contributed by atoms with van der Waals surface area (Å²) in [7, 11) is 3.51. The summed E-state index contributed by atoms with van der Waals surface area (Å²) in [5, 5.41) is 18.5. The van der Waals surface area contributed by atoms with Crippen LogP contribution in [0.1, 0.15) is 74.1 Å². The van der Waals surface area contributed by atoms with Crippen LogP contribution < -0.4 is 14.4 Å². The van der Waals surface area contributed by atoms with Crippen LogP contribution in [0.4, 0.5) is 5.69 Å². The van der Waals surface area contributed by atoms with Crippen molar-refractivity contribution in [2.45, 2.75) is 60.0 Å². The first-order valence-electron chi connectivity index (χ1n) is 20.3. The molecule has 0 spiro atoms. The van der Waals surface area contributed by atoms with Gasteiger partial charge in [0.25, 0.3) is 5.91 Å². The Morgan fingerprint density at radius 3 is 2.34 bits per heavy atom. The van der Waals surface area contributed by atoms with E-state index in [1.54, 1.807) is 28.8 Å². The minimum absolute atomic E-state index is 0.0198. The summed E-state index contributed by atoms with van der Waals surface area (Å²) in [6.07, 6.45) is 2.76. The molecule has 0 fully saturated rings. The van der Waals surface area contributed by atoms with E-state index in [0.717, 1.165) is 55.9 Å². The third kappa shape index (κ3) is 7.51. The van der Waals surface area contributed by atoms with Gasteiger partial charge in [-0.3, -0.25) is 14.5 Å². The Bertz CT molecular complexity index is 2820. The van der Waals surface area contributed by atoms with Gasteiger partial charge in [-0.05, 0) is 113 Å². The number of fused-ring (bicyclic) bond motifs is 4. The summed E-state index contributed by atoms with van der Waals surface area (Å²) in [5.41, 5.74) is 9.08. The number of rotatable bonds is 14. The maximum Gasteiger partial charge on any atom is 0.354 e. The van der Waals surface area contributed by atoms with Crippen molar-refractivity contribution in [1.82, 2.24) is 23.9 Å². The smallest absolute Gasteiger partial charge is 0.354 e. The van der Waals surface area contributed by atoms with Crippen LogP contribution in [-0.4, -0.2) is 74.4 Å². The van der Waals surface area contributed by atoms with Crippen molar-refractivity contribution in [2.24, 2.45) is 7.05 Å². The average Bonchev–Trinajstić information content (AvgIpc) is 3.83. The van der Waals surface area contributed by atoms with Gasteiger partial charge in [-0.15, -0.1) is 0 Å². The zero-order valence-electron chi connectivity index (χ0n) is 35.3. The van der Waals surface area contributed by atoms with Gasteiger partial charge >= 0.3 is 5.97 Å². The summed E-state index contributed by atoms with van der Waals surface area (Å²) in [6, 6.07) is 18.4. The van der Waals surface area contributed by atoms with Crippen LogP contribution in [0, 0.1) is 27.7 Å². The molecule has 4 aromatic heterocycles. The molecule has 316 valence electrons. The lowest BCUT2D eigenvalue weighted by molar-refractivity contribution is 0.0687. The van der Waals surface area contributed by atoms with E-state index in [1.807, 2.05) is 94.0 Å². The number of carboxylic acids is 1. The summed E-state index contributed by atoms with van der Waals surface area (Å²) in [4.78, 5) is 35.3. The fraction of sp³-hybridized carbons (Fsp3) is 0.319. The summed E-state index contributed by atoms with van der Waals surface area (Å²) in [5.74, 6) is -0.236. The Kier molecular flexibility index (Phi) is 11.6. The van der Waals surface area contributed by atoms with Crippen molar-refractivity contribution in [2.75, 3.05) is 38.4 Å². The predicted octanol–water partition coefficient (Wildman–Crippen LogP) is 9.94. The molecule has 1 atom stereocenters. The highest BCUT2D eigenvalue weighted by atomic mass is 35.5. The van der Waals surface area contributed by atoms with Gasteiger partial charge in [0, 0.05) is 65.6 Å². The van der Waals surface area contributed by atoms with E-state index in [9.17, 15) is 9.90 Å². The van der Waals surface area contributed by atoms with Gasteiger partial charge in [0.2, 0.25) is 0 Å². The molecule has 0 aliphatic carbocycles. The highest BCUT2D eigenvalue weighted by Crippen LogP contribution is 2.47. The van der Waals surface area contributed by atoms with Gasteiger partial charge in [0.05, 0.1) is 52.9 Å². The van der Waals surface area contributed by atoms with Crippen LogP contribution >= 0.6 is 23.2 Å². The number of pyridine rings is 1. The lowest BCUT2D eigenvalue weighted by Crippen LogP contribution is -2.43. The molecule has 0 saturated heterocycles. The van der Waals surface area contributed by atoms with E-state index < -0.39 is 5.97 Å². The molecule has 14 heteroatoms. The SMILES string of the molecule is COCCOc1ccc2c(c1)c(N1C[C@@H](C)n3c(c(CCCOc4cc(C)c(Cl)c(C)c4)c4ccc(Cl)c(-c5c(C)nn(C)c5C)c43)C1=O)c(C(=O)O)n2Cc1ccccn1. The number of carboxylic acid groups (broad SMARTS) is 1. The molecule has 1 N–H and O–H groups in total. The number of amides is 1. The van der Waals surface area contributed by atoms with E-state index in [1.165, 1.54) is 0 Å². The predicted molar refractivity (Wildman–Crippen MR) is 239 cm³/mol. The Hall–Kier alpha value is -5.82. The number of anilines is 1. The second kappa shape index (κ2) is 16.9.